The fourth-order valence-corrected chi connectivity index (χ4v) is 3.74. The average molecular weight is 217 g/mol. The number of hydrogen-bond acceptors (Lipinski definition) is 2. The Morgan fingerprint density at radius 1 is 1.31 bits per heavy atom. The van der Waals surface area contributed by atoms with Gasteiger partial charge in [-0.1, -0.05) is 37.1 Å². The van der Waals surface area contributed by atoms with Gasteiger partial charge >= 0.3 is 0 Å². The zero-order valence-electron chi connectivity index (χ0n) is 9.52. The average Bonchev–Trinajstić information content (AvgIpc) is 2.44. The number of nitrogens with two attached hydrogens (primary N) is 1. The minimum Gasteiger partial charge on any atom is -0.395 e. The van der Waals surface area contributed by atoms with Gasteiger partial charge in [-0.25, -0.2) is 0 Å². The molecule has 0 aromatic heterocycles. The monoisotopic (exact) mass is 217 g/mol. The lowest BCUT2D eigenvalue weighted by molar-refractivity contribution is 0.165. The summed E-state index contributed by atoms with van der Waals surface area (Å²) in [6, 6.07) is 8.63. The van der Waals surface area contributed by atoms with Crippen LogP contribution in [0.2, 0.25) is 0 Å². The van der Waals surface area contributed by atoms with Gasteiger partial charge < -0.3 is 10.8 Å². The summed E-state index contributed by atoms with van der Waals surface area (Å²) in [5.41, 5.74) is 8.97. The molecular weight excluding hydrogens is 198 g/mol. The van der Waals surface area contributed by atoms with Crippen molar-refractivity contribution in [1.82, 2.24) is 0 Å². The molecular formula is C14H19NO. The number of rotatable bonds is 1. The highest BCUT2D eigenvalue weighted by Gasteiger charge is 2.50. The predicted molar refractivity (Wildman–Crippen MR) is 64.4 cm³/mol. The fraction of sp³-hybridized carbons (Fsp3) is 0.571. The first-order valence-electron chi connectivity index (χ1n) is 6.25. The predicted octanol–water partition coefficient (Wildman–Crippen LogP) is 1.92. The summed E-state index contributed by atoms with van der Waals surface area (Å²) in [7, 11) is 0. The van der Waals surface area contributed by atoms with Crippen LogP contribution >= 0.6 is 0 Å². The third-order valence-electron chi connectivity index (χ3n) is 4.64. The molecule has 0 aliphatic heterocycles. The van der Waals surface area contributed by atoms with Crippen molar-refractivity contribution in [3.8, 4) is 0 Å². The minimum atomic E-state index is -0.155. The van der Waals surface area contributed by atoms with Gasteiger partial charge in [0.25, 0.3) is 0 Å². The number of aliphatic hydroxyl groups is 1. The molecule has 0 saturated heterocycles. The van der Waals surface area contributed by atoms with E-state index in [1.54, 1.807) is 0 Å². The van der Waals surface area contributed by atoms with Crippen molar-refractivity contribution in [3.05, 3.63) is 35.4 Å². The van der Waals surface area contributed by atoms with Gasteiger partial charge in [0.2, 0.25) is 0 Å². The maximum absolute atomic E-state index is 9.83. The van der Waals surface area contributed by atoms with Crippen molar-refractivity contribution < 1.29 is 5.11 Å². The van der Waals surface area contributed by atoms with Gasteiger partial charge in [0.1, 0.15) is 0 Å². The number of hydrogen-bond donors (Lipinski definition) is 2. The normalized spacial score (nSPS) is 36.9. The van der Waals surface area contributed by atoms with Gasteiger partial charge in [-0.15, -0.1) is 0 Å². The fourth-order valence-electron chi connectivity index (χ4n) is 3.74. The van der Waals surface area contributed by atoms with E-state index in [2.05, 4.69) is 24.3 Å². The molecule has 0 radical (unpaired) electrons. The van der Waals surface area contributed by atoms with E-state index in [0.717, 1.165) is 6.42 Å². The first-order valence-corrected chi connectivity index (χ1v) is 6.25. The SMILES string of the molecule is NC1C2CCCCC1(CO)c1ccccc12. The largest absolute Gasteiger partial charge is 0.395 e. The molecule has 86 valence electrons. The van der Waals surface area contributed by atoms with Crippen LogP contribution in [0.5, 0.6) is 0 Å². The molecule has 1 fully saturated rings. The molecule has 0 spiro atoms. The molecule has 0 amide bonds. The molecule has 2 aliphatic rings. The quantitative estimate of drug-likeness (QED) is 0.755. The lowest BCUT2D eigenvalue weighted by atomic mass is 9.76. The van der Waals surface area contributed by atoms with Crippen LogP contribution < -0.4 is 5.73 Å². The van der Waals surface area contributed by atoms with E-state index in [1.807, 2.05) is 0 Å². The highest BCUT2D eigenvalue weighted by molar-refractivity contribution is 5.46. The zero-order chi connectivity index (χ0) is 11.2. The maximum Gasteiger partial charge on any atom is 0.0543 e. The van der Waals surface area contributed by atoms with Crippen LogP contribution in [-0.2, 0) is 5.41 Å². The van der Waals surface area contributed by atoms with Gasteiger partial charge in [0, 0.05) is 17.4 Å². The molecule has 0 heterocycles. The summed E-state index contributed by atoms with van der Waals surface area (Å²) in [4.78, 5) is 0. The van der Waals surface area contributed by atoms with Crippen molar-refractivity contribution in [2.24, 2.45) is 5.73 Å². The van der Waals surface area contributed by atoms with E-state index in [1.165, 1.54) is 30.4 Å². The van der Waals surface area contributed by atoms with Crippen LogP contribution in [0, 0.1) is 0 Å². The van der Waals surface area contributed by atoms with Crippen LogP contribution in [0.1, 0.15) is 42.7 Å². The van der Waals surface area contributed by atoms with Crippen LogP contribution in [0.25, 0.3) is 0 Å². The molecule has 1 aromatic rings. The van der Waals surface area contributed by atoms with E-state index in [-0.39, 0.29) is 18.1 Å². The molecule has 1 aromatic carbocycles. The summed E-state index contributed by atoms with van der Waals surface area (Å²) in [6.45, 7) is 0.196. The number of fused-ring (bicyclic) bond motifs is 5. The van der Waals surface area contributed by atoms with E-state index in [0.29, 0.717) is 5.92 Å². The molecule has 16 heavy (non-hydrogen) atoms. The Hall–Kier alpha value is -0.860. The van der Waals surface area contributed by atoms with Gasteiger partial charge in [-0.05, 0) is 24.0 Å². The van der Waals surface area contributed by atoms with E-state index < -0.39 is 0 Å². The van der Waals surface area contributed by atoms with Crippen LogP contribution in [-0.4, -0.2) is 17.8 Å². The van der Waals surface area contributed by atoms with Gasteiger partial charge in [-0.2, -0.15) is 0 Å². The van der Waals surface area contributed by atoms with Crippen molar-refractivity contribution >= 4 is 0 Å². The summed E-state index contributed by atoms with van der Waals surface area (Å²) < 4.78 is 0. The molecule has 3 atom stereocenters. The third-order valence-corrected chi connectivity index (χ3v) is 4.64. The van der Waals surface area contributed by atoms with Crippen molar-refractivity contribution in [3.63, 3.8) is 0 Å². The topological polar surface area (TPSA) is 46.2 Å². The summed E-state index contributed by atoms with van der Waals surface area (Å²) >= 11 is 0. The molecule has 3 rings (SSSR count). The van der Waals surface area contributed by atoms with Gasteiger partial charge in [-0.3, -0.25) is 0 Å². The molecule has 2 heteroatoms. The second-order valence-electron chi connectivity index (χ2n) is 5.28. The zero-order valence-corrected chi connectivity index (χ0v) is 9.52. The Morgan fingerprint density at radius 3 is 2.94 bits per heavy atom. The van der Waals surface area contributed by atoms with E-state index in [4.69, 9.17) is 5.73 Å². The summed E-state index contributed by atoms with van der Waals surface area (Å²) in [6.07, 6.45) is 4.66. The Balaban J connectivity index is 2.20. The van der Waals surface area contributed by atoms with Crippen LogP contribution in [0.4, 0.5) is 0 Å². The number of aliphatic hydroxyl groups excluding tert-OH is 1. The number of benzene rings is 1. The highest BCUT2D eigenvalue weighted by atomic mass is 16.3. The van der Waals surface area contributed by atoms with Gasteiger partial charge in [0.05, 0.1) is 6.61 Å². The van der Waals surface area contributed by atoms with Crippen LogP contribution in [0.3, 0.4) is 0 Å². The Bertz CT molecular complexity index is 403. The molecule has 2 bridgehead atoms. The Morgan fingerprint density at radius 2 is 2.12 bits per heavy atom. The minimum absolute atomic E-state index is 0.109. The second-order valence-corrected chi connectivity index (χ2v) is 5.28. The molecule has 3 unspecified atom stereocenters. The Kier molecular flexibility index (Phi) is 2.30. The van der Waals surface area contributed by atoms with Crippen LogP contribution in [0.15, 0.2) is 24.3 Å². The molecule has 2 aliphatic carbocycles. The van der Waals surface area contributed by atoms with Crippen molar-refractivity contribution in [1.29, 1.82) is 0 Å². The second kappa shape index (κ2) is 3.57. The Labute approximate surface area is 96.5 Å². The third kappa shape index (κ3) is 1.14. The lowest BCUT2D eigenvalue weighted by Gasteiger charge is -2.32. The highest BCUT2D eigenvalue weighted by Crippen LogP contribution is 2.51. The lowest BCUT2D eigenvalue weighted by Crippen LogP contribution is -2.45. The van der Waals surface area contributed by atoms with E-state index in [9.17, 15) is 5.11 Å². The van der Waals surface area contributed by atoms with E-state index >= 15 is 0 Å². The molecule has 2 nitrogen and oxygen atoms in total. The first kappa shape index (κ1) is 10.3. The summed E-state index contributed by atoms with van der Waals surface area (Å²) in [5.74, 6) is 0.464. The molecule has 1 saturated carbocycles. The van der Waals surface area contributed by atoms with Crippen molar-refractivity contribution in [2.75, 3.05) is 6.61 Å². The van der Waals surface area contributed by atoms with Gasteiger partial charge in [0.15, 0.2) is 0 Å². The molecule has 3 N–H and O–H groups in total. The van der Waals surface area contributed by atoms with Crippen molar-refractivity contribution in [2.45, 2.75) is 43.1 Å². The first-order chi connectivity index (χ1) is 7.79. The standard InChI is InChI=1S/C14H19NO/c15-13-11-6-3-4-8-14(13,9-16)12-7-2-1-5-10(11)12/h1-2,5,7,11,13,16H,3-4,6,8-9,15H2. The smallest absolute Gasteiger partial charge is 0.0543 e. The maximum atomic E-state index is 9.83. The summed E-state index contributed by atoms with van der Waals surface area (Å²) in [5, 5.41) is 9.83.